The summed E-state index contributed by atoms with van der Waals surface area (Å²) >= 11 is 0. The average molecular weight is 449 g/mol. The van der Waals surface area contributed by atoms with Crippen molar-refractivity contribution in [2.45, 2.75) is 17.7 Å². The third kappa shape index (κ3) is 5.11. The van der Waals surface area contributed by atoms with Gasteiger partial charge in [0.05, 0.1) is 21.3 Å². The number of methoxy groups -OCH3 is 3. The third-order valence-electron chi connectivity index (χ3n) is 5.38. The minimum atomic E-state index is -3.78. The molecule has 1 saturated heterocycles. The summed E-state index contributed by atoms with van der Waals surface area (Å²) in [5.41, 5.74) is 0.977. The second kappa shape index (κ2) is 10.0. The summed E-state index contributed by atoms with van der Waals surface area (Å²) in [5.74, 6) is 1.46. The van der Waals surface area contributed by atoms with Crippen molar-refractivity contribution in [3.05, 3.63) is 48.0 Å². The van der Waals surface area contributed by atoms with Gasteiger partial charge in [-0.3, -0.25) is 4.79 Å². The molecule has 0 N–H and O–H groups in total. The Hall–Kier alpha value is -2.78. The molecule has 1 fully saturated rings. The molecular weight excluding hydrogens is 420 g/mol. The van der Waals surface area contributed by atoms with Gasteiger partial charge in [0.15, 0.2) is 0 Å². The fraction of sp³-hybridized carbons (Fsp3) is 0.409. The van der Waals surface area contributed by atoms with Crippen LogP contribution in [0.3, 0.4) is 0 Å². The van der Waals surface area contributed by atoms with Crippen molar-refractivity contribution in [2.75, 3.05) is 47.5 Å². The smallest absolute Gasteiger partial charge is 0.247 e. The Labute approximate surface area is 183 Å². The summed E-state index contributed by atoms with van der Waals surface area (Å²) in [7, 11) is 0.741. The van der Waals surface area contributed by atoms with E-state index >= 15 is 0 Å². The van der Waals surface area contributed by atoms with Crippen LogP contribution in [0.2, 0.25) is 0 Å². The summed E-state index contributed by atoms with van der Waals surface area (Å²) in [6.07, 6.45) is 0.916. The molecule has 1 aliphatic rings. The lowest BCUT2D eigenvalue weighted by molar-refractivity contribution is -0.132. The topological polar surface area (TPSA) is 85.4 Å². The van der Waals surface area contributed by atoms with Gasteiger partial charge in [-0.2, -0.15) is 4.31 Å². The normalized spacial score (nSPS) is 14.9. The molecule has 0 unspecified atom stereocenters. The summed E-state index contributed by atoms with van der Waals surface area (Å²) in [4.78, 5) is 14.4. The zero-order chi connectivity index (χ0) is 22.4. The van der Waals surface area contributed by atoms with E-state index in [9.17, 15) is 13.2 Å². The molecular formula is C22H28N2O6S. The predicted octanol–water partition coefficient (Wildman–Crippen LogP) is 2.18. The third-order valence-corrected chi connectivity index (χ3v) is 7.30. The van der Waals surface area contributed by atoms with Gasteiger partial charge in [-0.1, -0.05) is 18.2 Å². The van der Waals surface area contributed by atoms with E-state index in [1.165, 1.54) is 24.6 Å². The molecule has 0 aromatic heterocycles. The molecule has 1 heterocycles. The Morgan fingerprint density at radius 1 is 0.903 bits per heavy atom. The highest BCUT2D eigenvalue weighted by atomic mass is 32.2. The lowest BCUT2D eigenvalue weighted by Crippen LogP contribution is -2.50. The average Bonchev–Trinajstić information content (AvgIpc) is 2.82. The van der Waals surface area contributed by atoms with Gasteiger partial charge >= 0.3 is 0 Å². The van der Waals surface area contributed by atoms with E-state index in [-0.39, 0.29) is 29.6 Å². The van der Waals surface area contributed by atoms with Crippen molar-refractivity contribution in [3.8, 4) is 17.2 Å². The molecule has 8 nitrogen and oxygen atoms in total. The number of ether oxygens (including phenoxy) is 3. The van der Waals surface area contributed by atoms with Gasteiger partial charge < -0.3 is 19.1 Å². The first kappa shape index (κ1) is 22.9. The number of nitrogens with zero attached hydrogens (tertiary/aromatic N) is 2. The lowest BCUT2D eigenvalue weighted by atomic mass is 10.1. The van der Waals surface area contributed by atoms with Crippen molar-refractivity contribution >= 4 is 15.9 Å². The molecule has 0 radical (unpaired) electrons. The Kier molecular flexibility index (Phi) is 7.40. The molecule has 2 aromatic rings. The molecule has 0 spiro atoms. The number of hydrogen-bond acceptors (Lipinski definition) is 6. The second-order valence-electron chi connectivity index (χ2n) is 7.11. The molecule has 2 aromatic carbocycles. The largest absolute Gasteiger partial charge is 0.497 e. The zero-order valence-corrected chi connectivity index (χ0v) is 18.9. The highest BCUT2D eigenvalue weighted by Crippen LogP contribution is 2.31. The Morgan fingerprint density at radius 2 is 1.58 bits per heavy atom. The van der Waals surface area contributed by atoms with Crippen LogP contribution in [-0.2, 0) is 21.2 Å². The number of sulfonamides is 1. The number of para-hydroxylation sites is 1. The zero-order valence-electron chi connectivity index (χ0n) is 18.0. The highest BCUT2D eigenvalue weighted by molar-refractivity contribution is 7.89. The van der Waals surface area contributed by atoms with E-state index in [1.54, 1.807) is 24.1 Å². The van der Waals surface area contributed by atoms with Crippen molar-refractivity contribution in [1.82, 2.24) is 9.21 Å². The molecule has 31 heavy (non-hydrogen) atoms. The number of piperazine rings is 1. The first-order valence-electron chi connectivity index (χ1n) is 10.0. The number of carbonyl (C=O) groups excluding carboxylic acids is 1. The minimum Gasteiger partial charge on any atom is -0.497 e. The van der Waals surface area contributed by atoms with Crippen LogP contribution in [-0.4, -0.2) is 71.0 Å². The first-order chi connectivity index (χ1) is 14.9. The molecule has 0 bridgehead atoms. The number of benzene rings is 2. The van der Waals surface area contributed by atoms with Crippen LogP contribution in [0.1, 0.15) is 12.0 Å². The maximum absolute atomic E-state index is 13.2. The van der Waals surface area contributed by atoms with E-state index in [0.717, 1.165) is 11.3 Å². The number of rotatable bonds is 8. The Morgan fingerprint density at radius 3 is 2.23 bits per heavy atom. The summed E-state index contributed by atoms with van der Waals surface area (Å²) in [6, 6.07) is 12.3. The summed E-state index contributed by atoms with van der Waals surface area (Å²) in [6.45, 7) is 1.14. The van der Waals surface area contributed by atoms with Crippen LogP contribution in [0.4, 0.5) is 0 Å². The maximum atomic E-state index is 13.2. The van der Waals surface area contributed by atoms with Crippen LogP contribution in [0.15, 0.2) is 47.4 Å². The number of hydrogen-bond donors (Lipinski definition) is 0. The first-order valence-corrected chi connectivity index (χ1v) is 11.5. The van der Waals surface area contributed by atoms with Crippen molar-refractivity contribution in [1.29, 1.82) is 0 Å². The Balaban J connectivity index is 1.63. The number of amides is 1. The predicted molar refractivity (Wildman–Crippen MR) is 116 cm³/mol. The Bertz CT molecular complexity index is 1020. The molecule has 9 heteroatoms. The van der Waals surface area contributed by atoms with Gasteiger partial charge in [-0.05, 0) is 30.2 Å². The summed E-state index contributed by atoms with van der Waals surface area (Å²) in [5, 5.41) is 0. The van der Waals surface area contributed by atoms with E-state index in [2.05, 4.69) is 0 Å². The van der Waals surface area contributed by atoms with Gasteiger partial charge in [0.1, 0.15) is 22.1 Å². The molecule has 168 valence electrons. The fourth-order valence-electron chi connectivity index (χ4n) is 3.61. The molecule has 1 amide bonds. The van der Waals surface area contributed by atoms with Crippen molar-refractivity contribution < 1.29 is 27.4 Å². The van der Waals surface area contributed by atoms with E-state index < -0.39 is 10.0 Å². The second-order valence-corrected chi connectivity index (χ2v) is 9.02. The van der Waals surface area contributed by atoms with E-state index in [0.29, 0.717) is 31.7 Å². The van der Waals surface area contributed by atoms with Crippen molar-refractivity contribution in [3.63, 3.8) is 0 Å². The van der Waals surface area contributed by atoms with Crippen LogP contribution in [0.5, 0.6) is 17.2 Å². The van der Waals surface area contributed by atoms with Crippen LogP contribution >= 0.6 is 0 Å². The molecule has 1 aliphatic heterocycles. The molecule has 0 saturated carbocycles. The van der Waals surface area contributed by atoms with Crippen LogP contribution in [0.25, 0.3) is 0 Å². The van der Waals surface area contributed by atoms with E-state index in [1.807, 2.05) is 24.3 Å². The molecule has 0 atom stereocenters. The van der Waals surface area contributed by atoms with Crippen molar-refractivity contribution in [2.24, 2.45) is 0 Å². The van der Waals surface area contributed by atoms with Crippen LogP contribution in [0, 0.1) is 0 Å². The quantitative estimate of drug-likeness (QED) is 0.615. The lowest BCUT2D eigenvalue weighted by Gasteiger charge is -2.34. The summed E-state index contributed by atoms with van der Waals surface area (Å²) < 4.78 is 43.5. The highest BCUT2D eigenvalue weighted by Gasteiger charge is 2.32. The maximum Gasteiger partial charge on any atom is 0.247 e. The monoisotopic (exact) mass is 448 g/mol. The van der Waals surface area contributed by atoms with Gasteiger partial charge in [-0.15, -0.1) is 0 Å². The molecule has 3 rings (SSSR count). The standard InChI is InChI=1S/C22H28N2O6S/c1-28-18-9-10-20(30-3)21(16-18)31(26,27)24-14-12-23(13-15-24)22(25)11-8-17-6-4-5-7-19(17)29-2/h4-7,9-10,16H,8,11-15H2,1-3H3. The molecule has 0 aliphatic carbocycles. The van der Waals surface area contributed by atoms with Gasteiger partial charge in [0.25, 0.3) is 0 Å². The number of aryl methyl sites for hydroxylation is 1. The van der Waals surface area contributed by atoms with Gasteiger partial charge in [0.2, 0.25) is 15.9 Å². The van der Waals surface area contributed by atoms with E-state index in [4.69, 9.17) is 14.2 Å². The van der Waals surface area contributed by atoms with Crippen LogP contribution < -0.4 is 14.2 Å². The van der Waals surface area contributed by atoms with Gasteiger partial charge in [-0.25, -0.2) is 8.42 Å². The SMILES string of the molecule is COc1ccc(OC)c(S(=O)(=O)N2CCN(C(=O)CCc3ccccc3OC)CC2)c1. The number of carbonyl (C=O) groups is 1. The minimum absolute atomic E-state index is 0.00177. The van der Waals surface area contributed by atoms with Gasteiger partial charge in [0, 0.05) is 38.7 Å². The fourth-order valence-corrected chi connectivity index (χ4v) is 5.20.